The molecule has 0 aromatic carbocycles. The second kappa shape index (κ2) is 7.50. The van der Waals surface area contributed by atoms with E-state index in [1.54, 1.807) is 0 Å². The molecule has 7 heteroatoms. The molecule has 2 N–H and O–H groups in total. The summed E-state index contributed by atoms with van der Waals surface area (Å²) in [6.45, 7) is 3.78. The van der Waals surface area contributed by atoms with E-state index in [9.17, 15) is 9.90 Å². The normalized spacial score (nSPS) is 14.3. The Kier molecular flexibility index (Phi) is 7.56. The Morgan fingerprint density at radius 2 is 2.38 bits per heavy atom. The molecule has 0 radical (unpaired) electrons. The summed E-state index contributed by atoms with van der Waals surface area (Å²) in [5.41, 5.74) is 0. The number of rotatable bonds is 6. The summed E-state index contributed by atoms with van der Waals surface area (Å²) >= 11 is 4.56. The zero-order chi connectivity index (χ0) is 10.3. The van der Waals surface area contributed by atoms with Gasteiger partial charge in [0.15, 0.2) is 0 Å². The van der Waals surface area contributed by atoms with Crippen LogP contribution < -0.4 is 0 Å². The SMILES string of the molecule is C[C@H](C(=O)O)[C@H](O)CCOB=[P+]=S. The van der Waals surface area contributed by atoms with Gasteiger partial charge in [0.2, 0.25) is 0 Å². The van der Waals surface area contributed by atoms with Crippen molar-refractivity contribution in [3.63, 3.8) is 0 Å². The minimum absolute atomic E-state index is 0.294. The van der Waals surface area contributed by atoms with Crippen LogP contribution >= 0.6 is 6.85 Å². The van der Waals surface area contributed by atoms with Crippen molar-refractivity contribution < 1.29 is 19.7 Å². The molecule has 0 spiro atoms. The third kappa shape index (κ3) is 6.21. The molecule has 0 amide bonds. The summed E-state index contributed by atoms with van der Waals surface area (Å²) in [5.74, 6) is -1.76. The summed E-state index contributed by atoms with van der Waals surface area (Å²) in [6.07, 6.45) is -0.567. The van der Waals surface area contributed by atoms with Crippen molar-refractivity contribution in [3.8, 4) is 0 Å². The second-order valence-electron chi connectivity index (χ2n) is 2.56. The minimum atomic E-state index is -1.00. The monoisotopic (exact) mass is 221 g/mol. The van der Waals surface area contributed by atoms with Crippen molar-refractivity contribution in [2.45, 2.75) is 19.4 Å². The summed E-state index contributed by atoms with van der Waals surface area (Å²) in [5, 5.41) is 17.8. The summed E-state index contributed by atoms with van der Waals surface area (Å²) in [7, 11) is 0. The first-order valence-corrected chi connectivity index (χ1v) is 5.74. The predicted molar refractivity (Wildman–Crippen MR) is 53.4 cm³/mol. The van der Waals surface area contributed by atoms with E-state index in [0.717, 1.165) is 0 Å². The van der Waals surface area contributed by atoms with Gasteiger partial charge < -0.3 is 0 Å². The van der Waals surface area contributed by atoms with Crippen LogP contribution in [0.25, 0.3) is 0 Å². The molecule has 0 unspecified atom stereocenters. The van der Waals surface area contributed by atoms with Gasteiger partial charge in [0.1, 0.15) is 0 Å². The van der Waals surface area contributed by atoms with Gasteiger partial charge in [-0.2, -0.15) is 0 Å². The molecule has 0 aromatic heterocycles. The Morgan fingerprint density at radius 1 is 1.77 bits per heavy atom. The quantitative estimate of drug-likeness (QED) is 0.386. The van der Waals surface area contributed by atoms with Crippen LogP contribution in [-0.2, 0) is 21.3 Å². The van der Waals surface area contributed by atoms with E-state index in [-0.39, 0.29) is 0 Å². The third-order valence-electron chi connectivity index (χ3n) is 1.62. The predicted octanol–water partition coefficient (Wildman–Crippen LogP) is 0.417. The fourth-order valence-corrected chi connectivity index (χ4v) is 1.04. The fourth-order valence-electron chi connectivity index (χ4n) is 0.687. The van der Waals surface area contributed by atoms with Crippen LogP contribution in [0.15, 0.2) is 0 Å². The third-order valence-corrected chi connectivity index (χ3v) is 2.11. The van der Waals surface area contributed by atoms with Crippen molar-refractivity contribution in [3.05, 3.63) is 0 Å². The van der Waals surface area contributed by atoms with E-state index in [4.69, 9.17) is 9.76 Å². The maximum atomic E-state index is 10.4. The van der Waals surface area contributed by atoms with Crippen LogP contribution in [0, 0.1) is 5.92 Å². The van der Waals surface area contributed by atoms with Crippen LogP contribution in [0.1, 0.15) is 13.3 Å². The van der Waals surface area contributed by atoms with E-state index >= 15 is 0 Å². The van der Waals surface area contributed by atoms with Gasteiger partial charge in [0.05, 0.1) is 0 Å². The number of aliphatic hydroxyl groups is 1. The first-order valence-electron chi connectivity index (χ1n) is 3.76. The zero-order valence-corrected chi connectivity index (χ0v) is 8.92. The molecule has 0 saturated carbocycles. The van der Waals surface area contributed by atoms with Gasteiger partial charge in [-0.05, 0) is 0 Å². The molecular formula is C6H11BO4PS+. The van der Waals surface area contributed by atoms with Crippen molar-refractivity contribution in [1.82, 2.24) is 0 Å². The molecule has 0 saturated heterocycles. The molecule has 0 fully saturated rings. The van der Waals surface area contributed by atoms with Crippen LogP contribution in [0.2, 0.25) is 0 Å². The Labute approximate surface area is 83.6 Å². The van der Waals surface area contributed by atoms with Gasteiger partial charge in [-0.1, -0.05) is 0 Å². The number of carboxylic acids is 1. The summed E-state index contributed by atoms with van der Waals surface area (Å²) in [6, 6.07) is 0. The van der Waals surface area contributed by atoms with Gasteiger partial charge in [0.25, 0.3) is 0 Å². The number of aliphatic carboxylic acids is 1. The van der Waals surface area contributed by atoms with Crippen LogP contribution in [0.5, 0.6) is 0 Å². The van der Waals surface area contributed by atoms with Crippen LogP contribution in [0.4, 0.5) is 0 Å². The molecule has 0 aliphatic rings. The van der Waals surface area contributed by atoms with Crippen molar-refractivity contribution in [2.75, 3.05) is 6.61 Å². The number of hydrogen-bond acceptors (Lipinski definition) is 4. The topological polar surface area (TPSA) is 66.8 Å². The average Bonchev–Trinajstić information content (AvgIpc) is 2.10. The van der Waals surface area contributed by atoms with Crippen LogP contribution in [0.3, 0.4) is 0 Å². The molecule has 2 atom stereocenters. The van der Waals surface area contributed by atoms with Crippen molar-refractivity contribution in [2.24, 2.45) is 5.92 Å². The Balaban J connectivity index is 3.67. The fraction of sp³-hybridized carbons (Fsp3) is 0.833. The molecular weight excluding hydrogens is 210 g/mol. The van der Waals surface area contributed by atoms with Crippen molar-refractivity contribution in [1.29, 1.82) is 0 Å². The average molecular weight is 221 g/mol. The van der Waals surface area contributed by atoms with Crippen LogP contribution in [-0.4, -0.2) is 35.7 Å². The van der Waals surface area contributed by atoms with E-state index in [0.29, 0.717) is 19.9 Å². The Bertz CT molecular complexity index is 219. The molecule has 0 rings (SSSR count). The zero-order valence-electron chi connectivity index (χ0n) is 7.21. The van der Waals surface area contributed by atoms with E-state index in [2.05, 4.69) is 11.8 Å². The van der Waals surface area contributed by atoms with E-state index in [1.165, 1.54) is 13.7 Å². The molecule has 0 aliphatic carbocycles. The molecule has 0 aliphatic heterocycles. The summed E-state index contributed by atoms with van der Waals surface area (Å²) in [4.78, 5) is 10.4. The van der Waals surface area contributed by atoms with Gasteiger partial charge in [-0.15, -0.1) is 0 Å². The molecule has 72 valence electrons. The van der Waals surface area contributed by atoms with E-state index in [1.807, 2.05) is 0 Å². The molecule has 13 heavy (non-hydrogen) atoms. The first kappa shape index (κ1) is 13.1. The van der Waals surface area contributed by atoms with Gasteiger partial charge in [-0.3, -0.25) is 0 Å². The van der Waals surface area contributed by atoms with Gasteiger partial charge in [-0.25, -0.2) is 0 Å². The first-order chi connectivity index (χ1) is 6.09. The second-order valence-corrected chi connectivity index (χ2v) is 3.62. The van der Waals surface area contributed by atoms with Gasteiger partial charge in [0, 0.05) is 0 Å². The number of carbonyl (C=O) groups is 1. The molecule has 0 heterocycles. The Hall–Kier alpha value is 0.105. The van der Waals surface area contributed by atoms with Gasteiger partial charge >= 0.3 is 83.1 Å². The molecule has 0 bridgehead atoms. The maximum absolute atomic E-state index is 10.4. The standard InChI is InChI=1S/C6H10BO4PS/c1-4(6(9)10)5(8)2-3-11-7-12-13/h4-5,8H,2-3H2,1H3/p+1/t4-,5+/m0/s1. The number of aliphatic hydroxyl groups excluding tert-OH is 1. The number of hydrogen-bond donors (Lipinski definition) is 2. The Morgan fingerprint density at radius 3 is 2.85 bits per heavy atom. The van der Waals surface area contributed by atoms with E-state index < -0.39 is 18.0 Å². The molecule has 0 aromatic rings. The van der Waals surface area contributed by atoms with Crippen molar-refractivity contribution >= 4 is 31.4 Å². The molecule has 4 nitrogen and oxygen atoms in total. The summed E-state index contributed by atoms with van der Waals surface area (Å²) < 4.78 is 4.89. The number of carboxylic acid groups (broad SMARTS) is 1.